The van der Waals surface area contributed by atoms with Gasteiger partial charge in [0.15, 0.2) is 0 Å². The van der Waals surface area contributed by atoms with E-state index >= 15 is 0 Å². The van der Waals surface area contributed by atoms with Gasteiger partial charge in [0.1, 0.15) is 0 Å². The number of hydrogen-bond donors (Lipinski definition) is 0. The van der Waals surface area contributed by atoms with Crippen LogP contribution in [-0.4, -0.2) is 36.2 Å². The minimum Gasteiger partial charge on any atom is -0.373 e. The summed E-state index contributed by atoms with van der Waals surface area (Å²) in [7, 11) is 1.84. The molecular formula is C10H13NO4Si. The smallest absolute Gasteiger partial charge is 0.373 e. The number of benzene rings is 1. The van der Waals surface area contributed by atoms with Crippen molar-refractivity contribution in [3.8, 4) is 0 Å². The molecule has 1 aromatic carbocycles. The molecule has 16 heavy (non-hydrogen) atoms. The lowest BCUT2D eigenvalue weighted by Crippen LogP contribution is -2.54. The Hall–Kier alpha value is -1.30. The van der Waals surface area contributed by atoms with Gasteiger partial charge in [-0.25, -0.2) is 4.79 Å². The molecule has 0 aromatic heterocycles. The third-order valence-electron chi connectivity index (χ3n) is 2.20. The zero-order valence-electron chi connectivity index (χ0n) is 9.39. The second-order valence-corrected chi connectivity index (χ2v) is 5.83. The summed E-state index contributed by atoms with van der Waals surface area (Å²) in [6.07, 6.45) is 1.48. The number of aliphatic imine (C=N–C) groups is 1. The first-order valence-corrected chi connectivity index (χ1v) is 6.28. The zero-order chi connectivity index (χ0) is 12.0. The highest BCUT2D eigenvalue weighted by atomic mass is 28.4. The molecule has 0 aliphatic heterocycles. The third-order valence-corrected chi connectivity index (χ3v) is 4.85. The van der Waals surface area contributed by atoms with Gasteiger partial charge in [-0.3, -0.25) is 0 Å². The monoisotopic (exact) mass is 239 g/mol. The summed E-state index contributed by atoms with van der Waals surface area (Å²) in [5.74, 6) is 0. The van der Waals surface area contributed by atoms with Crippen molar-refractivity contribution in [2.45, 2.75) is 0 Å². The molecule has 0 heterocycles. The maximum atomic E-state index is 10.1. The second-order valence-electron chi connectivity index (χ2n) is 2.92. The zero-order valence-corrected chi connectivity index (χ0v) is 10.4. The number of nitrogens with zero attached hydrogens (tertiary/aromatic N) is 1. The lowest BCUT2D eigenvalue weighted by atomic mass is 10.3. The number of isocyanates is 1. The van der Waals surface area contributed by atoms with Crippen LogP contribution in [-0.2, 0) is 18.1 Å². The van der Waals surface area contributed by atoms with Crippen molar-refractivity contribution in [3.05, 3.63) is 24.3 Å². The van der Waals surface area contributed by atoms with E-state index in [1.807, 2.05) is 0 Å². The van der Waals surface area contributed by atoms with E-state index in [0.717, 1.165) is 5.19 Å². The van der Waals surface area contributed by atoms with Crippen LogP contribution in [0.4, 0.5) is 5.69 Å². The van der Waals surface area contributed by atoms with Gasteiger partial charge in [-0.15, -0.1) is 0 Å². The summed E-state index contributed by atoms with van der Waals surface area (Å²) in [5.41, 5.74) is 0.532. The van der Waals surface area contributed by atoms with E-state index in [1.165, 1.54) is 27.4 Å². The van der Waals surface area contributed by atoms with Crippen LogP contribution in [0.5, 0.6) is 0 Å². The number of rotatable bonds is 5. The molecule has 6 heteroatoms. The summed E-state index contributed by atoms with van der Waals surface area (Å²) < 4.78 is 15.9. The van der Waals surface area contributed by atoms with Crippen molar-refractivity contribution in [1.29, 1.82) is 0 Å². The average molecular weight is 239 g/mol. The van der Waals surface area contributed by atoms with E-state index in [4.69, 9.17) is 13.3 Å². The number of hydrogen-bond acceptors (Lipinski definition) is 5. The van der Waals surface area contributed by atoms with E-state index in [2.05, 4.69) is 4.99 Å². The molecule has 1 rings (SSSR count). The van der Waals surface area contributed by atoms with E-state index in [9.17, 15) is 4.79 Å². The van der Waals surface area contributed by atoms with Crippen molar-refractivity contribution >= 4 is 25.8 Å². The number of carbonyl (C=O) groups excluding carboxylic acids is 1. The van der Waals surface area contributed by atoms with Crippen molar-refractivity contribution in [2.75, 3.05) is 21.3 Å². The normalized spacial score (nSPS) is 10.9. The minimum atomic E-state index is -2.78. The topological polar surface area (TPSA) is 57.1 Å². The summed E-state index contributed by atoms with van der Waals surface area (Å²) in [6, 6.07) is 6.88. The molecule has 0 N–H and O–H groups in total. The molecule has 0 radical (unpaired) electrons. The van der Waals surface area contributed by atoms with Gasteiger partial charge in [-0.05, 0) is 12.1 Å². The van der Waals surface area contributed by atoms with Gasteiger partial charge in [0, 0.05) is 26.5 Å². The van der Waals surface area contributed by atoms with Gasteiger partial charge in [-0.2, -0.15) is 4.99 Å². The highest BCUT2D eigenvalue weighted by Crippen LogP contribution is 2.12. The molecule has 0 saturated heterocycles. The predicted molar refractivity (Wildman–Crippen MR) is 60.6 cm³/mol. The molecule has 0 amide bonds. The highest BCUT2D eigenvalue weighted by Gasteiger charge is 2.40. The van der Waals surface area contributed by atoms with Gasteiger partial charge >= 0.3 is 8.80 Å². The van der Waals surface area contributed by atoms with Crippen LogP contribution < -0.4 is 5.19 Å². The molecule has 0 spiro atoms. The van der Waals surface area contributed by atoms with Gasteiger partial charge in [-0.1, -0.05) is 12.1 Å². The van der Waals surface area contributed by atoms with Crippen LogP contribution in [0, 0.1) is 0 Å². The fourth-order valence-corrected chi connectivity index (χ4v) is 3.18. The van der Waals surface area contributed by atoms with Crippen LogP contribution in [0.25, 0.3) is 0 Å². The molecule has 0 aliphatic carbocycles. The van der Waals surface area contributed by atoms with Crippen LogP contribution in [0.2, 0.25) is 0 Å². The largest absolute Gasteiger partial charge is 0.536 e. The van der Waals surface area contributed by atoms with E-state index in [0.29, 0.717) is 5.69 Å². The average Bonchev–Trinajstić information content (AvgIpc) is 2.34. The molecule has 0 fully saturated rings. The summed E-state index contributed by atoms with van der Waals surface area (Å²) in [6.45, 7) is 0. The Morgan fingerprint density at radius 1 is 1.06 bits per heavy atom. The van der Waals surface area contributed by atoms with Crippen LogP contribution in [0.3, 0.4) is 0 Å². The highest BCUT2D eigenvalue weighted by molar-refractivity contribution is 6.75. The SMILES string of the molecule is CO[Si](OC)(OC)c1ccc(N=C=O)cc1. The van der Waals surface area contributed by atoms with E-state index in [-0.39, 0.29) is 0 Å². The fourth-order valence-electron chi connectivity index (χ4n) is 1.40. The van der Waals surface area contributed by atoms with Gasteiger partial charge in [0.2, 0.25) is 6.08 Å². The summed E-state index contributed by atoms with van der Waals surface area (Å²) >= 11 is 0. The molecule has 0 aliphatic rings. The molecular weight excluding hydrogens is 226 g/mol. The minimum absolute atomic E-state index is 0.532. The summed E-state index contributed by atoms with van der Waals surface area (Å²) in [4.78, 5) is 13.6. The van der Waals surface area contributed by atoms with Crippen LogP contribution in [0.15, 0.2) is 29.3 Å². The fraction of sp³-hybridized carbons (Fsp3) is 0.300. The lowest BCUT2D eigenvalue weighted by molar-refractivity contribution is 0.140. The van der Waals surface area contributed by atoms with Crippen molar-refractivity contribution in [1.82, 2.24) is 0 Å². The molecule has 5 nitrogen and oxygen atoms in total. The molecule has 0 atom stereocenters. The molecule has 0 unspecified atom stereocenters. The predicted octanol–water partition coefficient (Wildman–Crippen LogP) is 0.739. The first-order valence-electron chi connectivity index (χ1n) is 4.56. The first-order chi connectivity index (χ1) is 7.72. The summed E-state index contributed by atoms with van der Waals surface area (Å²) in [5, 5.41) is 0.810. The van der Waals surface area contributed by atoms with Gasteiger partial charge < -0.3 is 13.3 Å². The standard InChI is InChI=1S/C10H13NO4Si/c1-13-16(14-2,15-3)10-6-4-9(5-7-10)11-8-12/h4-7H,1-3H3. The van der Waals surface area contributed by atoms with Gasteiger partial charge in [0.25, 0.3) is 0 Å². The molecule has 86 valence electrons. The Labute approximate surface area is 95.0 Å². The molecule has 0 bridgehead atoms. The van der Waals surface area contributed by atoms with Crippen LogP contribution in [0.1, 0.15) is 0 Å². The third kappa shape index (κ3) is 2.44. The van der Waals surface area contributed by atoms with Crippen molar-refractivity contribution in [2.24, 2.45) is 4.99 Å². The molecule has 1 aromatic rings. The second kappa shape index (κ2) is 5.69. The van der Waals surface area contributed by atoms with Crippen LogP contribution >= 0.6 is 0 Å². The Kier molecular flexibility index (Phi) is 4.54. The first kappa shape index (κ1) is 12.8. The Balaban J connectivity index is 3.07. The quantitative estimate of drug-likeness (QED) is 0.432. The molecule has 0 saturated carbocycles. The van der Waals surface area contributed by atoms with E-state index < -0.39 is 8.80 Å². The lowest BCUT2D eigenvalue weighted by Gasteiger charge is -2.24. The van der Waals surface area contributed by atoms with E-state index in [1.54, 1.807) is 24.3 Å². The maximum absolute atomic E-state index is 10.1. The maximum Gasteiger partial charge on any atom is 0.536 e. The van der Waals surface area contributed by atoms with Crippen molar-refractivity contribution in [3.63, 3.8) is 0 Å². The Bertz CT molecular complexity index is 374. The van der Waals surface area contributed by atoms with Crippen molar-refractivity contribution < 1.29 is 18.1 Å². The Morgan fingerprint density at radius 2 is 1.56 bits per heavy atom. The Morgan fingerprint density at radius 3 is 1.94 bits per heavy atom. The van der Waals surface area contributed by atoms with Gasteiger partial charge in [0.05, 0.1) is 5.69 Å².